The number of hydrogen-bond donors (Lipinski definition) is 0. The number of hydrogen-bond acceptors (Lipinski definition) is 2. The monoisotopic (exact) mass is 98.0 g/mol. The van der Waals surface area contributed by atoms with E-state index in [0.717, 1.165) is 5.75 Å². The van der Waals surface area contributed by atoms with E-state index in [1.54, 1.807) is 18.0 Å². The number of aliphatic imine (C=N–C) groups is 1. The van der Waals surface area contributed by atoms with Crippen molar-refractivity contribution >= 4 is 18.0 Å². The van der Waals surface area contributed by atoms with Gasteiger partial charge in [-0.2, -0.15) is 0 Å². The van der Waals surface area contributed by atoms with Crippen molar-refractivity contribution in [2.75, 3.05) is 5.75 Å². The van der Waals surface area contributed by atoms with Gasteiger partial charge in [-0.25, -0.2) is 0 Å². The summed E-state index contributed by atoms with van der Waals surface area (Å²) in [6.45, 7) is 5.22. The van der Waals surface area contributed by atoms with Gasteiger partial charge in [-0.1, -0.05) is 0 Å². The molecule has 1 rings (SSSR count). The van der Waals surface area contributed by atoms with E-state index in [1.807, 2.05) is 0 Å². The maximum Gasteiger partial charge on any atom is 0.0960 e. The van der Waals surface area contributed by atoms with Crippen LogP contribution in [0.15, 0.2) is 10.0 Å². The lowest BCUT2D eigenvalue weighted by molar-refractivity contribution is 1.59. The molecule has 0 fully saturated rings. The summed E-state index contributed by atoms with van der Waals surface area (Å²) >= 11 is 1.57. The molecule has 1 nitrogen and oxygen atoms in total. The fourth-order valence-electron chi connectivity index (χ4n) is 0.287. The smallest absolute Gasteiger partial charge is 0.0960 e. The van der Waals surface area contributed by atoms with Gasteiger partial charge in [0.15, 0.2) is 0 Å². The maximum atomic E-state index is 5.22. The third kappa shape index (κ3) is 0.627. The van der Waals surface area contributed by atoms with Gasteiger partial charge in [0.25, 0.3) is 0 Å². The van der Waals surface area contributed by atoms with Gasteiger partial charge in [-0.3, -0.25) is 4.99 Å². The van der Waals surface area contributed by atoms with Crippen molar-refractivity contribution in [2.24, 2.45) is 4.99 Å². The standard InChI is InChI=1S/C4H4NS/c1-4-5-2-3-6-4/h1-2H,3H2. The van der Waals surface area contributed by atoms with Crippen LogP contribution < -0.4 is 0 Å². The molecule has 0 bridgehead atoms. The second-order valence-corrected chi connectivity index (χ2v) is 2.00. The highest BCUT2D eigenvalue weighted by Gasteiger charge is 1.94. The molecule has 1 aliphatic rings. The van der Waals surface area contributed by atoms with Gasteiger partial charge in [-0.05, 0) is 6.58 Å². The molecule has 1 heterocycles. The predicted molar refractivity (Wildman–Crippen MR) is 28.8 cm³/mol. The molecule has 1 radical (unpaired) electrons. The molecule has 0 aromatic heterocycles. The third-order valence-corrected chi connectivity index (χ3v) is 1.24. The summed E-state index contributed by atoms with van der Waals surface area (Å²) in [7, 11) is 0. The Morgan fingerprint density at radius 1 is 2.00 bits per heavy atom. The van der Waals surface area contributed by atoms with E-state index in [4.69, 9.17) is 6.58 Å². The molecule has 0 atom stereocenters. The molecular formula is C4H4NS. The van der Waals surface area contributed by atoms with E-state index in [2.05, 4.69) is 4.99 Å². The maximum absolute atomic E-state index is 5.22. The van der Waals surface area contributed by atoms with Gasteiger partial charge in [0, 0.05) is 12.0 Å². The van der Waals surface area contributed by atoms with Crippen LogP contribution in [0, 0.1) is 6.58 Å². The van der Waals surface area contributed by atoms with Crippen molar-refractivity contribution in [3.63, 3.8) is 0 Å². The summed E-state index contributed by atoms with van der Waals surface area (Å²) in [6.07, 6.45) is 1.81. The summed E-state index contributed by atoms with van der Waals surface area (Å²) in [5, 5.41) is 0.690. The zero-order valence-corrected chi connectivity index (χ0v) is 4.03. The van der Waals surface area contributed by atoms with E-state index in [-0.39, 0.29) is 0 Å². The minimum atomic E-state index is 0.690. The molecule has 0 spiro atoms. The van der Waals surface area contributed by atoms with Gasteiger partial charge in [0.2, 0.25) is 0 Å². The molecule has 0 saturated heterocycles. The second kappa shape index (κ2) is 1.47. The molecule has 1 aliphatic heterocycles. The number of thioether (sulfide) groups is 1. The Kier molecular flexibility index (Phi) is 0.965. The first-order chi connectivity index (χ1) is 2.89. The molecule has 0 unspecified atom stereocenters. The first-order valence-electron chi connectivity index (χ1n) is 1.67. The van der Waals surface area contributed by atoms with Gasteiger partial charge in [-0.15, -0.1) is 11.8 Å². The Labute approximate surface area is 41.2 Å². The summed E-state index contributed by atoms with van der Waals surface area (Å²) in [6, 6.07) is 0. The van der Waals surface area contributed by atoms with Crippen LogP contribution in [0.1, 0.15) is 0 Å². The van der Waals surface area contributed by atoms with Crippen LogP contribution in [-0.2, 0) is 0 Å². The van der Waals surface area contributed by atoms with E-state index >= 15 is 0 Å². The molecular weight excluding hydrogens is 94.1 g/mol. The first-order valence-corrected chi connectivity index (χ1v) is 2.66. The second-order valence-electron chi connectivity index (χ2n) is 0.961. The summed E-state index contributed by atoms with van der Waals surface area (Å²) in [5.41, 5.74) is 0. The molecule has 0 saturated carbocycles. The Bertz CT molecular complexity index is 95.7. The zero-order valence-electron chi connectivity index (χ0n) is 3.22. The predicted octanol–water partition coefficient (Wildman–Crippen LogP) is 1.08. The molecule has 6 heavy (non-hydrogen) atoms. The normalized spacial score (nSPS) is 19.7. The van der Waals surface area contributed by atoms with Crippen molar-refractivity contribution < 1.29 is 0 Å². The SMILES string of the molecule is [CH]=C1N=CCS1. The molecule has 0 N–H and O–H groups in total. The first kappa shape index (κ1) is 3.93. The largest absolute Gasteiger partial charge is 0.253 e. The van der Waals surface area contributed by atoms with Gasteiger partial charge in [0.05, 0.1) is 5.03 Å². The lowest BCUT2D eigenvalue weighted by atomic mass is 10.9. The Morgan fingerprint density at radius 2 is 2.83 bits per heavy atom. The summed E-state index contributed by atoms with van der Waals surface area (Å²) < 4.78 is 0. The summed E-state index contributed by atoms with van der Waals surface area (Å²) in [5.74, 6) is 0.950. The molecule has 0 aromatic carbocycles. The molecule has 31 valence electrons. The molecule has 0 aromatic rings. The van der Waals surface area contributed by atoms with Crippen molar-refractivity contribution in [3.05, 3.63) is 11.6 Å². The highest BCUT2D eigenvalue weighted by atomic mass is 32.2. The minimum Gasteiger partial charge on any atom is -0.253 e. The summed E-state index contributed by atoms with van der Waals surface area (Å²) in [4.78, 5) is 3.77. The van der Waals surface area contributed by atoms with Crippen LogP contribution >= 0.6 is 11.8 Å². The van der Waals surface area contributed by atoms with Crippen LogP contribution in [0.25, 0.3) is 0 Å². The lowest BCUT2D eigenvalue weighted by Crippen LogP contribution is -1.61. The Balaban J connectivity index is 2.59. The quantitative estimate of drug-likeness (QED) is 0.441. The Morgan fingerprint density at radius 3 is 3.00 bits per heavy atom. The van der Waals surface area contributed by atoms with Crippen molar-refractivity contribution in [3.8, 4) is 0 Å². The van der Waals surface area contributed by atoms with Crippen LogP contribution in [0.2, 0.25) is 0 Å². The highest BCUT2D eigenvalue weighted by Crippen LogP contribution is 2.16. The fourth-order valence-corrected chi connectivity index (χ4v) is 0.756. The minimum absolute atomic E-state index is 0.690. The average Bonchev–Trinajstić information content (AvgIpc) is 1.86. The van der Waals surface area contributed by atoms with E-state index in [9.17, 15) is 0 Å². The molecule has 2 heteroatoms. The lowest BCUT2D eigenvalue weighted by Gasteiger charge is -1.76. The fraction of sp³-hybridized carbons (Fsp3) is 0.250. The number of rotatable bonds is 0. The molecule has 0 amide bonds. The van der Waals surface area contributed by atoms with Crippen molar-refractivity contribution in [1.29, 1.82) is 0 Å². The van der Waals surface area contributed by atoms with Crippen LogP contribution in [0.5, 0.6) is 0 Å². The highest BCUT2D eigenvalue weighted by molar-refractivity contribution is 8.03. The molecule has 0 aliphatic carbocycles. The van der Waals surface area contributed by atoms with E-state index in [0.29, 0.717) is 5.03 Å². The van der Waals surface area contributed by atoms with Gasteiger partial charge >= 0.3 is 0 Å². The van der Waals surface area contributed by atoms with Gasteiger partial charge < -0.3 is 0 Å². The van der Waals surface area contributed by atoms with Crippen LogP contribution in [0.4, 0.5) is 0 Å². The topological polar surface area (TPSA) is 12.4 Å². The van der Waals surface area contributed by atoms with E-state index < -0.39 is 0 Å². The third-order valence-electron chi connectivity index (χ3n) is 0.524. The van der Waals surface area contributed by atoms with Gasteiger partial charge in [0.1, 0.15) is 0 Å². The van der Waals surface area contributed by atoms with E-state index in [1.165, 1.54) is 0 Å². The Hall–Kier alpha value is -0.240. The van der Waals surface area contributed by atoms with Crippen molar-refractivity contribution in [2.45, 2.75) is 0 Å². The van der Waals surface area contributed by atoms with Crippen LogP contribution in [-0.4, -0.2) is 12.0 Å². The average molecular weight is 98.2 g/mol. The number of nitrogens with zero attached hydrogens (tertiary/aromatic N) is 1. The van der Waals surface area contributed by atoms with Crippen molar-refractivity contribution in [1.82, 2.24) is 0 Å². The zero-order chi connectivity index (χ0) is 4.41. The van der Waals surface area contributed by atoms with Crippen LogP contribution in [0.3, 0.4) is 0 Å².